The van der Waals surface area contributed by atoms with E-state index in [1.54, 1.807) is 0 Å². The lowest BCUT2D eigenvalue weighted by Gasteiger charge is -2.23. The molecule has 1 atom stereocenters. The van der Waals surface area contributed by atoms with Gasteiger partial charge in [0.25, 0.3) is 0 Å². The number of hydrogen-bond acceptors (Lipinski definition) is 1. The maximum Gasteiger partial charge on any atom is 0.164 e. The summed E-state index contributed by atoms with van der Waals surface area (Å²) in [4.78, 5) is 11.9. The lowest BCUT2D eigenvalue weighted by atomic mass is 9.96. The molecule has 0 amide bonds. The van der Waals surface area contributed by atoms with Crippen molar-refractivity contribution in [1.82, 2.24) is 4.57 Å². The number of ketones is 1. The summed E-state index contributed by atoms with van der Waals surface area (Å²) in [5.41, 5.74) is 3.58. The van der Waals surface area contributed by atoms with E-state index in [0.717, 1.165) is 31.2 Å². The summed E-state index contributed by atoms with van der Waals surface area (Å²) in [5.74, 6) is 0.347. The van der Waals surface area contributed by atoms with Gasteiger partial charge in [0.15, 0.2) is 5.78 Å². The summed E-state index contributed by atoms with van der Waals surface area (Å²) < 4.78 is 2.44. The molecular formula is C15H23NO. The van der Waals surface area contributed by atoms with Gasteiger partial charge in [-0.15, -0.1) is 0 Å². The van der Waals surface area contributed by atoms with E-state index >= 15 is 0 Å². The van der Waals surface area contributed by atoms with Gasteiger partial charge in [-0.1, -0.05) is 20.3 Å². The summed E-state index contributed by atoms with van der Waals surface area (Å²) in [5, 5.41) is 0. The van der Waals surface area contributed by atoms with Gasteiger partial charge in [0.1, 0.15) is 0 Å². The fourth-order valence-corrected chi connectivity index (χ4v) is 3.11. The van der Waals surface area contributed by atoms with Gasteiger partial charge in [-0.05, 0) is 38.7 Å². The Morgan fingerprint density at radius 2 is 2.12 bits per heavy atom. The SMILES string of the molecule is CCCC(CC)n1c(C)cc2c1CCCC2=O. The molecule has 1 heterocycles. The predicted octanol–water partition coefficient (Wildman–Crippen LogP) is 4.07. The van der Waals surface area contributed by atoms with Crippen LogP contribution in [0.2, 0.25) is 0 Å². The molecule has 94 valence electrons. The first kappa shape index (κ1) is 12.4. The minimum atomic E-state index is 0.347. The highest BCUT2D eigenvalue weighted by molar-refractivity contribution is 5.98. The monoisotopic (exact) mass is 233 g/mol. The van der Waals surface area contributed by atoms with Crippen LogP contribution in [0.4, 0.5) is 0 Å². The molecule has 1 aromatic rings. The standard InChI is InChI=1S/C15H23NO/c1-4-7-12(5-2)16-11(3)10-13-14(16)8-6-9-15(13)17/h10,12H,4-9H2,1-3H3. The van der Waals surface area contributed by atoms with Crippen LogP contribution >= 0.6 is 0 Å². The molecule has 2 rings (SSSR count). The Hall–Kier alpha value is -1.05. The highest BCUT2D eigenvalue weighted by Crippen LogP contribution is 2.30. The number of aryl methyl sites for hydroxylation is 1. The van der Waals surface area contributed by atoms with Crippen molar-refractivity contribution in [3.8, 4) is 0 Å². The highest BCUT2D eigenvalue weighted by atomic mass is 16.1. The van der Waals surface area contributed by atoms with Crippen molar-refractivity contribution in [3.05, 3.63) is 23.0 Å². The van der Waals surface area contributed by atoms with Gasteiger partial charge >= 0.3 is 0 Å². The quantitative estimate of drug-likeness (QED) is 0.768. The van der Waals surface area contributed by atoms with Crippen molar-refractivity contribution < 1.29 is 4.79 Å². The Morgan fingerprint density at radius 1 is 1.35 bits per heavy atom. The third kappa shape index (κ3) is 2.18. The molecule has 0 saturated carbocycles. The fraction of sp³-hybridized carbons (Fsp3) is 0.667. The summed E-state index contributed by atoms with van der Waals surface area (Å²) in [6.45, 7) is 6.62. The molecule has 0 radical (unpaired) electrons. The zero-order valence-electron chi connectivity index (χ0n) is 11.3. The van der Waals surface area contributed by atoms with Gasteiger partial charge in [-0.2, -0.15) is 0 Å². The van der Waals surface area contributed by atoms with Crippen LogP contribution in [-0.2, 0) is 6.42 Å². The van der Waals surface area contributed by atoms with Crippen molar-refractivity contribution in [2.45, 2.75) is 65.3 Å². The summed E-state index contributed by atoms with van der Waals surface area (Å²) in [6.07, 6.45) is 6.42. The average molecular weight is 233 g/mol. The Kier molecular flexibility index (Phi) is 3.70. The third-order valence-electron chi connectivity index (χ3n) is 3.91. The second-order valence-electron chi connectivity index (χ2n) is 5.14. The van der Waals surface area contributed by atoms with Gasteiger partial charge in [-0.25, -0.2) is 0 Å². The Labute approximate surface area is 104 Å². The fourth-order valence-electron chi connectivity index (χ4n) is 3.11. The molecule has 2 nitrogen and oxygen atoms in total. The largest absolute Gasteiger partial charge is 0.345 e. The van der Waals surface area contributed by atoms with Crippen LogP contribution in [0.1, 0.15) is 73.7 Å². The topological polar surface area (TPSA) is 22.0 Å². The third-order valence-corrected chi connectivity index (χ3v) is 3.91. The zero-order valence-corrected chi connectivity index (χ0v) is 11.3. The van der Waals surface area contributed by atoms with Crippen molar-refractivity contribution in [3.63, 3.8) is 0 Å². The molecule has 1 aliphatic carbocycles. The number of aromatic nitrogens is 1. The minimum absolute atomic E-state index is 0.347. The van der Waals surface area contributed by atoms with Crippen LogP contribution in [0.25, 0.3) is 0 Å². The summed E-state index contributed by atoms with van der Waals surface area (Å²) >= 11 is 0. The maximum atomic E-state index is 11.9. The van der Waals surface area contributed by atoms with Gasteiger partial charge in [-0.3, -0.25) is 4.79 Å². The Balaban J connectivity index is 2.43. The second-order valence-corrected chi connectivity index (χ2v) is 5.14. The van der Waals surface area contributed by atoms with E-state index < -0.39 is 0 Å². The smallest absolute Gasteiger partial charge is 0.164 e. The molecule has 0 saturated heterocycles. The molecule has 0 aromatic carbocycles. The van der Waals surface area contributed by atoms with Crippen LogP contribution in [-0.4, -0.2) is 10.4 Å². The Morgan fingerprint density at radius 3 is 2.76 bits per heavy atom. The number of rotatable bonds is 4. The van der Waals surface area contributed by atoms with Gasteiger partial charge in [0.2, 0.25) is 0 Å². The number of nitrogens with zero attached hydrogens (tertiary/aromatic N) is 1. The van der Waals surface area contributed by atoms with Crippen LogP contribution < -0.4 is 0 Å². The first-order valence-corrected chi connectivity index (χ1v) is 6.92. The van der Waals surface area contributed by atoms with E-state index in [1.807, 2.05) is 0 Å². The molecule has 0 N–H and O–H groups in total. The number of carbonyl (C=O) groups excluding carboxylic acids is 1. The van der Waals surface area contributed by atoms with E-state index in [4.69, 9.17) is 0 Å². The maximum absolute atomic E-state index is 11.9. The van der Waals surface area contributed by atoms with Gasteiger partial charge in [0, 0.05) is 29.4 Å². The lowest BCUT2D eigenvalue weighted by molar-refractivity contribution is 0.0971. The van der Waals surface area contributed by atoms with E-state index in [1.165, 1.54) is 24.2 Å². The number of fused-ring (bicyclic) bond motifs is 1. The normalized spacial score (nSPS) is 17.0. The zero-order chi connectivity index (χ0) is 12.4. The van der Waals surface area contributed by atoms with E-state index in [2.05, 4.69) is 31.4 Å². The summed E-state index contributed by atoms with van der Waals surface area (Å²) in [6, 6.07) is 2.68. The van der Waals surface area contributed by atoms with Gasteiger partial charge in [0.05, 0.1) is 0 Å². The first-order chi connectivity index (χ1) is 8.19. The molecule has 17 heavy (non-hydrogen) atoms. The first-order valence-electron chi connectivity index (χ1n) is 6.92. The van der Waals surface area contributed by atoms with Crippen LogP contribution in [0.15, 0.2) is 6.07 Å². The molecule has 1 aliphatic rings. The molecule has 0 bridgehead atoms. The summed E-state index contributed by atoms with van der Waals surface area (Å²) in [7, 11) is 0. The molecule has 0 spiro atoms. The molecule has 2 heteroatoms. The molecule has 0 aliphatic heterocycles. The molecule has 0 fully saturated rings. The van der Waals surface area contributed by atoms with Crippen LogP contribution in [0.5, 0.6) is 0 Å². The van der Waals surface area contributed by atoms with Crippen molar-refractivity contribution in [1.29, 1.82) is 0 Å². The van der Waals surface area contributed by atoms with Gasteiger partial charge < -0.3 is 4.57 Å². The minimum Gasteiger partial charge on any atom is -0.345 e. The predicted molar refractivity (Wildman–Crippen MR) is 70.7 cm³/mol. The van der Waals surface area contributed by atoms with Crippen LogP contribution in [0.3, 0.4) is 0 Å². The van der Waals surface area contributed by atoms with E-state index in [-0.39, 0.29) is 0 Å². The number of hydrogen-bond donors (Lipinski definition) is 0. The average Bonchev–Trinajstić information content (AvgIpc) is 2.64. The van der Waals surface area contributed by atoms with Crippen molar-refractivity contribution in [2.75, 3.05) is 0 Å². The second kappa shape index (κ2) is 5.07. The van der Waals surface area contributed by atoms with Crippen molar-refractivity contribution >= 4 is 5.78 Å². The van der Waals surface area contributed by atoms with E-state index in [0.29, 0.717) is 11.8 Å². The lowest BCUT2D eigenvalue weighted by Crippen LogP contribution is -2.17. The Bertz CT molecular complexity index is 417. The number of Topliss-reactive ketones (excluding diaryl/α,β-unsaturated/α-hetero) is 1. The molecule has 1 aromatic heterocycles. The molecular weight excluding hydrogens is 210 g/mol. The van der Waals surface area contributed by atoms with Crippen molar-refractivity contribution in [2.24, 2.45) is 0 Å². The molecule has 1 unspecified atom stereocenters. The highest BCUT2D eigenvalue weighted by Gasteiger charge is 2.24. The van der Waals surface area contributed by atoms with E-state index in [9.17, 15) is 4.79 Å². The number of carbonyl (C=O) groups is 1. The van der Waals surface area contributed by atoms with Crippen LogP contribution in [0, 0.1) is 6.92 Å².